The van der Waals surface area contributed by atoms with E-state index in [0.29, 0.717) is 23.3 Å². The van der Waals surface area contributed by atoms with Crippen LogP contribution in [0.25, 0.3) is 23.1 Å². The van der Waals surface area contributed by atoms with Crippen LogP contribution in [0.5, 0.6) is 0 Å². The normalized spacial score (nSPS) is 11.2. The molecule has 4 nitrogen and oxygen atoms in total. The van der Waals surface area contributed by atoms with E-state index in [1.54, 1.807) is 10.8 Å². The molecule has 0 amide bonds. The number of nitrogens with zero attached hydrogens (tertiary/aromatic N) is 3. The van der Waals surface area contributed by atoms with Gasteiger partial charge in [0, 0.05) is 6.20 Å². The molecule has 0 fully saturated rings. The maximum Gasteiger partial charge on any atom is 0.261 e. The van der Waals surface area contributed by atoms with Crippen molar-refractivity contribution in [3.8, 4) is 0 Å². The number of hydrogen-bond acceptors (Lipinski definition) is 3. The predicted octanol–water partition coefficient (Wildman–Crippen LogP) is 4.01. The molecule has 0 unspecified atom stereocenters. The van der Waals surface area contributed by atoms with Gasteiger partial charge in [0.05, 0.1) is 23.1 Å². The van der Waals surface area contributed by atoms with E-state index in [0.717, 1.165) is 11.3 Å². The van der Waals surface area contributed by atoms with E-state index < -0.39 is 0 Å². The molecular weight excluding hydrogens is 322 g/mol. The summed E-state index contributed by atoms with van der Waals surface area (Å²) in [5, 5.41) is 0.611. The van der Waals surface area contributed by atoms with E-state index in [9.17, 15) is 4.79 Å². The lowest BCUT2D eigenvalue weighted by Crippen LogP contribution is -2.24. The Labute approximate surface area is 151 Å². The van der Waals surface area contributed by atoms with Gasteiger partial charge in [0.15, 0.2) is 0 Å². The number of para-hydroxylation sites is 1. The number of aromatic nitrogens is 3. The average Bonchev–Trinajstić information content (AvgIpc) is 2.70. The van der Waals surface area contributed by atoms with Gasteiger partial charge in [-0.2, -0.15) is 0 Å². The first kappa shape index (κ1) is 16.0. The molecule has 0 saturated heterocycles. The molecule has 0 aliphatic rings. The molecule has 0 aliphatic heterocycles. The van der Waals surface area contributed by atoms with Crippen LogP contribution in [0.4, 0.5) is 0 Å². The van der Waals surface area contributed by atoms with Gasteiger partial charge in [0.1, 0.15) is 5.82 Å². The van der Waals surface area contributed by atoms with E-state index in [1.165, 1.54) is 0 Å². The highest BCUT2D eigenvalue weighted by Crippen LogP contribution is 2.12. The zero-order chi connectivity index (χ0) is 17.8. The van der Waals surface area contributed by atoms with E-state index in [1.807, 2.05) is 84.9 Å². The van der Waals surface area contributed by atoms with Crippen molar-refractivity contribution in [1.29, 1.82) is 0 Å². The van der Waals surface area contributed by atoms with Crippen LogP contribution in [0, 0.1) is 0 Å². The Kier molecular flexibility index (Phi) is 4.39. The quantitative estimate of drug-likeness (QED) is 0.564. The fourth-order valence-corrected chi connectivity index (χ4v) is 2.85. The SMILES string of the molecule is O=c1c2ccccc2nc(/C=C/c2ccccc2)n1Cc1ccccn1. The summed E-state index contributed by atoms with van der Waals surface area (Å²) in [5.74, 6) is 0.614. The van der Waals surface area contributed by atoms with Gasteiger partial charge in [-0.25, -0.2) is 4.98 Å². The van der Waals surface area contributed by atoms with E-state index >= 15 is 0 Å². The van der Waals surface area contributed by atoms with Crippen LogP contribution in [0.3, 0.4) is 0 Å². The zero-order valence-electron chi connectivity index (χ0n) is 14.1. The first-order valence-corrected chi connectivity index (χ1v) is 8.44. The number of hydrogen-bond donors (Lipinski definition) is 0. The Morgan fingerprint density at radius 1 is 0.846 bits per heavy atom. The van der Waals surface area contributed by atoms with Crippen molar-refractivity contribution in [1.82, 2.24) is 14.5 Å². The molecule has 2 aromatic carbocycles. The third-order valence-corrected chi connectivity index (χ3v) is 4.16. The van der Waals surface area contributed by atoms with Gasteiger partial charge in [-0.1, -0.05) is 54.6 Å². The van der Waals surface area contributed by atoms with Crippen molar-refractivity contribution in [2.75, 3.05) is 0 Å². The first-order valence-electron chi connectivity index (χ1n) is 8.44. The third-order valence-electron chi connectivity index (χ3n) is 4.16. The molecule has 0 spiro atoms. The van der Waals surface area contributed by atoms with Gasteiger partial charge in [-0.05, 0) is 35.9 Å². The lowest BCUT2D eigenvalue weighted by Gasteiger charge is -2.11. The number of pyridine rings is 1. The van der Waals surface area contributed by atoms with Gasteiger partial charge in [0.2, 0.25) is 0 Å². The maximum absolute atomic E-state index is 13.0. The fraction of sp³-hybridized carbons (Fsp3) is 0.0455. The Morgan fingerprint density at radius 3 is 2.42 bits per heavy atom. The van der Waals surface area contributed by atoms with Crippen LogP contribution in [0.2, 0.25) is 0 Å². The summed E-state index contributed by atoms with van der Waals surface area (Å²) >= 11 is 0. The monoisotopic (exact) mass is 339 g/mol. The molecule has 0 atom stereocenters. The highest BCUT2D eigenvalue weighted by atomic mass is 16.1. The second-order valence-electron chi connectivity index (χ2n) is 5.94. The van der Waals surface area contributed by atoms with Gasteiger partial charge >= 0.3 is 0 Å². The summed E-state index contributed by atoms with van der Waals surface area (Å²) < 4.78 is 1.67. The molecule has 4 aromatic rings. The molecule has 2 heterocycles. The molecule has 4 heteroatoms. The van der Waals surface area contributed by atoms with Crippen LogP contribution in [0.15, 0.2) is 83.8 Å². The van der Waals surface area contributed by atoms with E-state index in [2.05, 4.69) is 4.98 Å². The second-order valence-corrected chi connectivity index (χ2v) is 5.94. The summed E-state index contributed by atoms with van der Waals surface area (Å²) in [6, 6.07) is 23.1. The van der Waals surface area contributed by atoms with Crippen molar-refractivity contribution in [2.45, 2.75) is 6.54 Å². The van der Waals surface area contributed by atoms with E-state index in [4.69, 9.17) is 4.98 Å². The van der Waals surface area contributed by atoms with Crippen LogP contribution in [0.1, 0.15) is 17.1 Å². The number of benzene rings is 2. The van der Waals surface area contributed by atoms with Gasteiger partial charge in [0.25, 0.3) is 5.56 Å². The molecule has 126 valence electrons. The van der Waals surface area contributed by atoms with E-state index in [-0.39, 0.29) is 5.56 Å². The van der Waals surface area contributed by atoms with Gasteiger partial charge in [-0.15, -0.1) is 0 Å². The molecule has 0 bridgehead atoms. The number of rotatable bonds is 4. The highest BCUT2D eigenvalue weighted by Gasteiger charge is 2.10. The smallest absolute Gasteiger partial charge is 0.261 e. The van der Waals surface area contributed by atoms with Crippen molar-refractivity contribution in [3.05, 3.63) is 106 Å². The molecule has 0 N–H and O–H groups in total. The number of fused-ring (bicyclic) bond motifs is 1. The summed E-state index contributed by atoms with van der Waals surface area (Å²) in [5.41, 5.74) is 2.51. The highest BCUT2D eigenvalue weighted by molar-refractivity contribution is 5.79. The standard InChI is InChI=1S/C22H17N3O/c26-22-19-11-4-5-12-20(19)24-21(14-13-17-8-2-1-3-9-17)25(22)16-18-10-6-7-15-23-18/h1-15H,16H2/b14-13+. The lowest BCUT2D eigenvalue weighted by atomic mass is 10.2. The largest absolute Gasteiger partial charge is 0.287 e. The van der Waals surface area contributed by atoms with Crippen LogP contribution < -0.4 is 5.56 Å². The topological polar surface area (TPSA) is 47.8 Å². The molecule has 0 saturated carbocycles. The van der Waals surface area contributed by atoms with Gasteiger partial charge < -0.3 is 0 Å². The molecule has 4 rings (SSSR count). The van der Waals surface area contributed by atoms with Crippen molar-refractivity contribution in [3.63, 3.8) is 0 Å². The summed E-state index contributed by atoms with van der Waals surface area (Å²) in [6.07, 6.45) is 5.58. The van der Waals surface area contributed by atoms with Crippen LogP contribution in [-0.4, -0.2) is 14.5 Å². The van der Waals surface area contributed by atoms with Crippen molar-refractivity contribution in [2.24, 2.45) is 0 Å². The molecule has 2 aromatic heterocycles. The minimum absolute atomic E-state index is 0.0611. The molecule has 0 aliphatic carbocycles. The third kappa shape index (κ3) is 3.30. The lowest BCUT2D eigenvalue weighted by molar-refractivity contribution is 0.720. The average molecular weight is 339 g/mol. The van der Waals surface area contributed by atoms with Crippen molar-refractivity contribution < 1.29 is 0 Å². The Morgan fingerprint density at radius 2 is 1.62 bits per heavy atom. The van der Waals surface area contributed by atoms with Crippen molar-refractivity contribution >= 4 is 23.1 Å². The Hall–Kier alpha value is -3.53. The predicted molar refractivity (Wildman–Crippen MR) is 105 cm³/mol. The van der Waals surface area contributed by atoms with Crippen LogP contribution >= 0.6 is 0 Å². The minimum Gasteiger partial charge on any atom is -0.287 e. The Balaban J connectivity index is 1.85. The summed E-state index contributed by atoms with van der Waals surface area (Å²) in [7, 11) is 0. The fourth-order valence-electron chi connectivity index (χ4n) is 2.85. The zero-order valence-corrected chi connectivity index (χ0v) is 14.1. The molecule has 26 heavy (non-hydrogen) atoms. The van der Waals surface area contributed by atoms with Gasteiger partial charge in [-0.3, -0.25) is 14.3 Å². The minimum atomic E-state index is -0.0611. The molecular formula is C22H17N3O. The maximum atomic E-state index is 13.0. The second kappa shape index (κ2) is 7.15. The molecule has 0 radical (unpaired) electrons. The first-order chi connectivity index (χ1) is 12.8. The summed E-state index contributed by atoms with van der Waals surface area (Å²) in [4.78, 5) is 22.1. The Bertz CT molecular complexity index is 1120. The van der Waals surface area contributed by atoms with Crippen LogP contribution in [-0.2, 0) is 6.54 Å². The summed E-state index contributed by atoms with van der Waals surface area (Å²) in [6.45, 7) is 0.381.